The maximum absolute atomic E-state index is 5.91. The van der Waals surface area contributed by atoms with E-state index in [1.54, 1.807) is 0 Å². The fourth-order valence-corrected chi connectivity index (χ4v) is 1.78. The molecule has 84 valence electrons. The van der Waals surface area contributed by atoms with Gasteiger partial charge in [0.1, 0.15) is 5.75 Å². The first-order valence-electron chi connectivity index (χ1n) is 5.14. The molecule has 0 radical (unpaired) electrons. The molecular weight excluding hydrogens is 275 g/mol. The van der Waals surface area contributed by atoms with Gasteiger partial charge in [0.15, 0.2) is 0 Å². The highest BCUT2D eigenvalue weighted by Gasteiger charge is 2.05. The summed E-state index contributed by atoms with van der Waals surface area (Å²) in [6.07, 6.45) is 1.14. The fourth-order valence-electron chi connectivity index (χ4n) is 1.14. The molecule has 1 nitrogen and oxygen atoms in total. The van der Waals surface area contributed by atoms with Crippen molar-refractivity contribution in [3.63, 3.8) is 0 Å². The molecule has 0 aliphatic carbocycles. The predicted octanol–water partition coefficient (Wildman–Crippen LogP) is 4.66. The van der Waals surface area contributed by atoms with E-state index in [-0.39, 0.29) is 0 Å². The van der Waals surface area contributed by atoms with E-state index in [2.05, 4.69) is 29.8 Å². The second-order valence-electron chi connectivity index (χ2n) is 3.71. The summed E-state index contributed by atoms with van der Waals surface area (Å²) in [6, 6.07) is 5.73. The van der Waals surface area contributed by atoms with E-state index in [0.29, 0.717) is 5.92 Å². The quantitative estimate of drug-likeness (QED) is 0.717. The van der Waals surface area contributed by atoms with Crippen LogP contribution in [-0.2, 0) is 5.33 Å². The summed E-state index contributed by atoms with van der Waals surface area (Å²) in [4.78, 5) is 0. The van der Waals surface area contributed by atoms with Crippen molar-refractivity contribution in [2.45, 2.75) is 25.6 Å². The lowest BCUT2D eigenvalue weighted by molar-refractivity contribution is 0.255. The summed E-state index contributed by atoms with van der Waals surface area (Å²) in [5.41, 5.74) is 1.10. The van der Waals surface area contributed by atoms with Crippen LogP contribution in [0.4, 0.5) is 0 Å². The van der Waals surface area contributed by atoms with E-state index in [0.717, 1.165) is 34.7 Å². The molecule has 0 aliphatic rings. The Bertz CT molecular complexity index is 314. The number of hydrogen-bond acceptors (Lipinski definition) is 1. The Balaban J connectivity index is 2.67. The summed E-state index contributed by atoms with van der Waals surface area (Å²) in [7, 11) is 0. The summed E-state index contributed by atoms with van der Waals surface area (Å²) in [5, 5.41) is 1.52. The zero-order valence-electron chi connectivity index (χ0n) is 9.09. The zero-order valence-corrected chi connectivity index (χ0v) is 11.4. The molecule has 15 heavy (non-hydrogen) atoms. The number of halogens is 2. The van der Waals surface area contributed by atoms with Crippen molar-refractivity contribution in [2.75, 3.05) is 6.61 Å². The van der Waals surface area contributed by atoms with Crippen LogP contribution in [0.5, 0.6) is 5.75 Å². The summed E-state index contributed by atoms with van der Waals surface area (Å²) >= 11 is 9.34. The van der Waals surface area contributed by atoms with Gasteiger partial charge in [-0.05, 0) is 24.1 Å². The number of ether oxygens (including phenoxy) is 1. The molecule has 0 fully saturated rings. The Morgan fingerprint density at radius 1 is 1.47 bits per heavy atom. The van der Waals surface area contributed by atoms with E-state index < -0.39 is 0 Å². The number of hydrogen-bond donors (Lipinski definition) is 0. The molecular formula is C12H16BrClO. The molecule has 1 rings (SSSR count). The van der Waals surface area contributed by atoms with Gasteiger partial charge in [-0.3, -0.25) is 0 Å². The highest BCUT2D eigenvalue weighted by atomic mass is 79.9. The molecule has 0 saturated carbocycles. The Morgan fingerprint density at radius 3 is 2.80 bits per heavy atom. The standard InChI is InChI=1S/C12H16BrClO/c1-3-9(2)8-15-12-5-4-11(14)6-10(12)7-13/h4-6,9H,3,7-8H2,1-2H3. The Kier molecular flexibility index (Phi) is 5.48. The normalized spacial score (nSPS) is 12.5. The van der Waals surface area contributed by atoms with Crippen molar-refractivity contribution in [2.24, 2.45) is 5.92 Å². The van der Waals surface area contributed by atoms with E-state index >= 15 is 0 Å². The Labute approximate surface area is 105 Å². The molecule has 3 heteroatoms. The minimum absolute atomic E-state index is 0.587. The van der Waals surface area contributed by atoms with Gasteiger partial charge in [-0.15, -0.1) is 0 Å². The van der Waals surface area contributed by atoms with Gasteiger partial charge in [-0.25, -0.2) is 0 Å². The number of alkyl halides is 1. The number of rotatable bonds is 5. The molecule has 0 spiro atoms. The first-order chi connectivity index (χ1) is 7.17. The van der Waals surface area contributed by atoms with Crippen LogP contribution in [-0.4, -0.2) is 6.61 Å². The lowest BCUT2D eigenvalue weighted by Gasteiger charge is -2.13. The first kappa shape index (κ1) is 12.9. The van der Waals surface area contributed by atoms with Crippen LogP contribution >= 0.6 is 27.5 Å². The average molecular weight is 292 g/mol. The number of benzene rings is 1. The molecule has 0 heterocycles. The summed E-state index contributed by atoms with van der Waals surface area (Å²) in [6.45, 7) is 5.11. The van der Waals surface area contributed by atoms with Gasteiger partial charge in [0.05, 0.1) is 6.61 Å². The molecule has 0 aromatic heterocycles. The summed E-state index contributed by atoms with van der Waals surface area (Å²) < 4.78 is 5.75. The third kappa shape index (κ3) is 4.04. The van der Waals surface area contributed by atoms with Crippen LogP contribution in [0.2, 0.25) is 5.02 Å². The SMILES string of the molecule is CCC(C)COc1ccc(Cl)cc1CBr. The smallest absolute Gasteiger partial charge is 0.123 e. The molecule has 0 saturated heterocycles. The van der Waals surface area contributed by atoms with Crippen LogP contribution in [0.15, 0.2) is 18.2 Å². The van der Waals surface area contributed by atoms with E-state index in [1.807, 2.05) is 18.2 Å². The maximum atomic E-state index is 5.91. The maximum Gasteiger partial charge on any atom is 0.123 e. The summed E-state index contributed by atoms with van der Waals surface area (Å²) in [5.74, 6) is 1.51. The van der Waals surface area contributed by atoms with E-state index in [4.69, 9.17) is 16.3 Å². The first-order valence-corrected chi connectivity index (χ1v) is 6.64. The average Bonchev–Trinajstić information content (AvgIpc) is 2.26. The third-order valence-electron chi connectivity index (χ3n) is 2.39. The van der Waals surface area contributed by atoms with Gasteiger partial charge in [0, 0.05) is 15.9 Å². The molecule has 1 atom stereocenters. The van der Waals surface area contributed by atoms with Gasteiger partial charge in [0.2, 0.25) is 0 Å². The van der Waals surface area contributed by atoms with Crippen molar-refractivity contribution in [3.8, 4) is 5.75 Å². The predicted molar refractivity (Wildman–Crippen MR) is 69.0 cm³/mol. The van der Waals surface area contributed by atoms with Crippen molar-refractivity contribution in [1.29, 1.82) is 0 Å². The van der Waals surface area contributed by atoms with Gasteiger partial charge in [-0.2, -0.15) is 0 Å². The van der Waals surface area contributed by atoms with Crippen molar-refractivity contribution >= 4 is 27.5 Å². The van der Waals surface area contributed by atoms with Crippen LogP contribution in [0.25, 0.3) is 0 Å². The third-order valence-corrected chi connectivity index (χ3v) is 3.23. The Morgan fingerprint density at radius 2 is 2.20 bits per heavy atom. The van der Waals surface area contributed by atoms with Gasteiger partial charge < -0.3 is 4.74 Å². The zero-order chi connectivity index (χ0) is 11.3. The highest BCUT2D eigenvalue weighted by Crippen LogP contribution is 2.25. The lowest BCUT2D eigenvalue weighted by Crippen LogP contribution is -2.08. The van der Waals surface area contributed by atoms with Crippen LogP contribution < -0.4 is 4.74 Å². The minimum atomic E-state index is 0.587. The highest BCUT2D eigenvalue weighted by molar-refractivity contribution is 9.08. The van der Waals surface area contributed by atoms with Gasteiger partial charge in [-0.1, -0.05) is 47.8 Å². The van der Waals surface area contributed by atoms with Crippen LogP contribution in [0.3, 0.4) is 0 Å². The lowest BCUT2D eigenvalue weighted by atomic mass is 10.1. The minimum Gasteiger partial charge on any atom is -0.493 e. The van der Waals surface area contributed by atoms with Crippen molar-refractivity contribution in [3.05, 3.63) is 28.8 Å². The van der Waals surface area contributed by atoms with Crippen LogP contribution in [0, 0.1) is 5.92 Å². The molecule has 1 aromatic rings. The molecule has 1 aromatic carbocycles. The second-order valence-corrected chi connectivity index (χ2v) is 4.71. The molecule has 0 amide bonds. The van der Waals surface area contributed by atoms with Crippen molar-refractivity contribution < 1.29 is 4.74 Å². The molecule has 0 aliphatic heterocycles. The molecule has 0 N–H and O–H groups in total. The van der Waals surface area contributed by atoms with Gasteiger partial charge >= 0.3 is 0 Å². The second kappa shape index (κ2) is 6.39. The largest absolute Gasteiger partial charge is 0.493 e. The molecule has 0 bridgehead atoms. The van der Waals surface area contributed by atoms with Crippen LogP contribution in [0.1, 0.15) is 25.8 Å². The topological polar surface area (TPSA) is 9.23 Å². The fraction of sp³-hybridized carbons (Fsp3) is 0.500. The molecule has 1 unspecified atom stereocenters. The van der Waals surface area contributed by atoms with E-state index in [9.17, 15) is 0 Å². The van der Waals surface area contributed by atoms with E-state index in [1.165, 1.54) is 0 Å². The monoisotopic (exact) mass is 290 g/mol. The van der Waals surface area contributed by atoms with Gasteiger partial charge in [0.25, 0.3) is 0 Å². The van der Waals surface area contributed by atoms with Crippen molar-refractivity contribution in [1.82, 2.24) is 0 Å². The Hall–Kier alpha value is -0.210.